The van der Waals surface area contributed by atoms with E-state index in [9.17, 15) is 4.79 Å². The summed E-state index contributed by atoms with van der Waals surface area (Å²) in [6.45, 7) is 2.18. The van der Waals surface area contributed by atoms with Gasteiger partial charge in [-0.3, -0.25) is 4.79 Å². The van der Waals surface area contributed by atoms with E-state index in [1.807, 2.05) is 18.2 Å². The number of piperidine rings is 1. The Morgan fingerprint density at radius 3 is 2.79 bits per heavy atom. The van der Waals surface area contributed by atoms with Crippen LogP contribution in [0.5, 0.6) is 0 Å². The van der Waals surface area contributed by atoms with Crippen molar-refractivity contribution >= 4 is 22.6 Å². The number of fused-ring (bicyclic) bond motifs is 1. The Bertz CT molecular complexity index is 713. The van der Waals surface area contributed by atoms with Crippen LogP contribution < -0.4 is 10.6 Å². The summed E-state index contributed by atoms with van der Waals surface area (Å²) in [5.41, 5.74) is 2.87. The van der Waals surface area contributed by atoms with Gasteiger partial charge in [0.05, 0.1) is 11.0 Å². The molecule has 1 aliphatic heterocycles. The third kappa shape index (κ3) is 3.46. The van der Waals surface area contributed by atoms with E-state index in [2.05, 4.69) is 20.6 Å². The lowest BCUT2D eigenvalue weighted by Gasteiger charge is -2.22. The number of nitrogens with zero attached hydrogens (tertiary/aromatic N) is 1. The number of hydrogen-bond acceptors (Lipinski definition) is 3. The molecule has 1 aliphatic carbocycles. The third-order valence-corrected chi connectivity index (χ3v) is 5.51. The predicted molar refractivity (Wildman–Crippen MR) is 96.1 cm³/mol. The van der Waals surface area contributed by atoms with Gasteiger partial charge in [-0.05, 0) is 69.3 Å². The van der Waals surface area contributed by atoms with Gasteiger partial charge in [0.1, 0.15) is 5.82 Å². The van der Waals surface area contributed by atoms with Crippen molar-refractivity contribution in [2.75, 3.05) is 18.4 Å². The highest BCUT2D eigenvalue weighted by atomic mass is 16.1. The lowest BCUT2D eigenvalue weighted by atomic mass is 9.85. The Morgan fingerprint density at radius 2 is 2.04 bits per heavy atom. The number of hydrogen-bond donors (Lipinski definition) is 3. The average molecular weight is 326 g/mol. The van der Waals surface area contributed by atoms with Crippen molar-refractivity contribution in [3.8, 4) is 0 Å². The Kier molecular flexibility index (Phi) is 4.52. The average Bonchev–Trinajstić information content (AvgIpc) is 2.94. The van der Waals surface area contributed by atoms with Gasteiger partial charge < -0.3 is 15.6 Å². The first kappa shape index (κ1) is 15.6. The highest BCUT2D eigenvalue weighted by Crippen LogP contribution is 2.35. The van der Waals surface area contributed by atoms with Crippen LogP contribution in [0.2, 0.25) is 0 Å². The summed E-state index contributed by atoms with van der Waals surface area (Å²) >= 11 is 0. The molecule has 0 bridgehead atoms. The van der Waals surface area contributed by atoms with Crippen LogP contribution in [-0.2, 0) is 4.79 Å². The molecule has 24 heavy (non-hydrogen) atoms. The van der Waals surface area contributed by atoms with Gasteiger partial charge in [0, 0.05) is 18.0 Å². The van der Waals surface area contributed by atoms with Crippen LogP contribution in [0.15, 0.2) is 18.2 Å². The van der Waals surface area contributed by atoms with Gasteiger partial charge in [-0.25, -0.2) is 4.98 Å². The Labute approximate surface area is 142 Å². The van der Waals surface area contributed by atoms with Crippen molar-refractivity contribution in [2.24, 2.45) is 5.92 Å². The normalized spacial score (nSPS) is 19.3. The molecule has 5 heteroatoms. The minimum atomic E-state index is 0.117. The summed E-state index contributed by atoms with van der Waals surface area (Å²) < 4.78 is 0. The molecule has 1 aromatic heterocycles. The third-order valence-electron chi connectivity index (χ3n) is 5.51. The van der Waals surface area contributed by atoms with E-state index in [0.29, 0.717) is 18.3 Å². The number of rotatable bonds is 5. The topological polar surface area (TPSA) is 69.8 Å². The number of imidazole rings is 1. The zero-order chi connectivity index (χ0) is 16.4. The summed E-state index contributed by atoms with van der Waals surface area (Å²) in [6, 6.07) is 5.96. The van der Waals surface area contributed by atoms with Gasteiger partial charge in [-0.2, -0.15) is 0 Å². The maximum Gasteiger partial charge on any atom is 0.224 e. The van der Waals surface area contributed by atoms with Crippen molar-refractivity contribution < 1.29 is 4.79 Å². The molecule has 1 saturated heterocycles. The largest absolute Gasteiger partial charge is 0.342 e. The molecular formula is C19H26N4O. The number of benzene rings is 1. The number of aromatic nitrogens is 2. The van der Waals surface area contributed by atoms with Gasteiger partial charge in [0.15, 0.2) is 0 Å². The maximum atomic E-state index is 12.2. The summed E-state index contributed by atoms with van der Waals surface area (Å²) in [4.78, 5) is 20.3. The standard InChI is InChI=1S/C19H26N4O/c24-18(7-4-13-8-10-20-11-9-13)21-15-5-6-16-17(12-15)23-19(22-16)14-2-1-3-14/h5-6,12-14,20H,1-4,7-11H2,(H,21,24)(H,22,23). The van der Waals surface area contributed by atoms with Crippen LogP contribution in [0.3, 0.4) is 0 Å². The number of amides is 1. The minimum Gasteiger partial charge on any atom is -0.342 e. The molecular weight excluding hydrogens is 300 g/mol. The quantitative estimate of drug-likeness (QED) is 0.787. The molecule has 2 aromatic rings. The zero-order valence-electron chi connectivity index (χ0n) is 14.1. The van der Waals surface area contributed by atoms with E-state index in [-0.39, 0.29) is 5.91 Å². The number of anilines is 1. The van der Waals surface area contributed by atoms with Crippen LogP contribution >= 0.6 is 0 Å². The first-order valence-corrected chi connectivity index (χ1v) is 9.28. The molecule has 3 N–H and O–H groups in total. The highest BCUT2D eigenvalue weighted by Gasteiger charge is 2.22. The van der Waals surface area contributed by atoms with Gasteiger partial charge in [0.25, 0.3) is 0 Å². The molecule has 0 unspecified atom stereocenters. The Hall–Kier alpha value is -1.88. The van der Waals surface area contributed by atoms with Crippen LogP contribution in [0.25, 0.3) is 11.0 Å². The zero-order valence-corrected chi connectivity index (χ0v) is 14.1. The summed E-state index contributed by atoms with van der Waals surface area (Å²) in [5.74, 6) is 2.51. The lowest BCUT2D eigenvalue weighted by Crippen LogP contribution is -2.28. The van der Waals surface area contributed by atoms with Gasteiger partial charge in [-0.1, -0.05) is 6.42 Å². The molecule has 2 aliphatic rings. The fraction of sp³-hybridized carbons (Fsp3) is 0.579. The second-order valence-electron chi connectivity index (χ2n) is 7.26. The molecule has 1 saturated carbocycles. The lowest BCUT2D eigenvalue weighted by molar-refractivity contribution is -0.116. The molecule has 0 radical (unpaired) electrons. The molecule has 4 rings (SSSR count). The van der Waals surface area contributed by atoms with E-state index in [0.717, 1.165) is 42.1 Å². The van der Waals surface area contributed by atoms with Gasteiger partial charge in [-0.15, -0.1) is 0 Å². The van der Waals surface area contributed by atoms with Crippen molar-refractivity contribution in [1.82, 2.24) is 15.3 Å². The first-order valence-electron chi connectivity index (χ1n) is 9.28. The molecule has 0 spiro atoms. The van der Waals surface area contributed by atoms with Crippen LogP contribution in [-0.4, -0.2) is 29.0 Å². The number of H-pyrrole nitrogens is 1. The molecule has 1 amide bonds. The number of aromatic amines is 1. The molecule has 2 fully saturated rings. The summed E-state index contributed by atoms with van der Waals surface area (Å²) in [5, 5.41) is 6.41. The smallest absolute Gasteiger partial charge is 0.224 e. The number of nitrogens with one attached hydrogen (secondary N) is 3. The molecule has 5 nitrogen and oxygen atoms in total. The van der Waals surface area contributed by atoms with Crippen molar-refractivity contribution in [3.63, 3.8) is 0 Å². The number of carbonyl (C=O) groups excluding carboxylic acids is 1. The fourth-order valence-corrected chi connectivity index (χ4v) is 3.71. The van der Waals surface area contributed by atoms with E-state index in [1.165, 1.54) is 32.1 Å². The van der Waals surface area contributed by atoms with E-state index < -0.39 is 0 Å². The van der Waals surface area contributed by atoms with Gasteiger partial charge >= 0.3 is 0 Å². The predicted octanol–water partition coefficient (Wildman–Crippen LogP) is 3.55. The monoisotopic (exact) mass is 326 g/mol. The molecule has 2 heterocycles. The second kappa shape index (κ2) is 6.93. The van der Waals surface area contributed by atoms with E-state index in [4.69, 9.17) is 0 Å². The Morgan fingerprint density at radius 1 is 1.21 bits per heavy atom. The van der Waals surface area contributed by atoms with Crippen molar-refractivity contribution in [2.45, 2.75) is 50.9 Å². The fourth-order valence-electron chi connectivity index (χ4n) is 3.71. The molecule has 128 valence electrons. The minimum absolute atomic E-state index is 0.117. The molecule has 0 atom stereocenters. The van der Waals surface area contributed by atoms with Crippen LogP contribution in [0, 0.1) is 5.92 Å². The summed E-state index contributed by atoms with van der Waals surface area (Å²) in [7, 11) is 0. The van der Waals surface area contributed by atoms with E-state index in [1.54, 1.807) is 0 Å². The van der Waals surface area contributed by atoms with Crippen LogP contribution in [0.4, 0.5) is 5.69 Å². The summed E-state index contributed by atoms with van der Waals surface area (Å²) in [6.07, 6.45) is 7.76. The van der Waals surface area contributed by atoms with Crippen molar-refractivity contribution in [3.05, 3.63) is 24.0 Å². The van der Waals surface area contributed by atoms with E-state index >= 15 is 0 Å². The highest BCUT2D eigenvalue weighted by molar-refractivity contribution is 5.93. The van der Waals surface area contributed by atoms with Crippen LogP contribution in [0.1, 0.15) is 56.7 Å². The van der Waals surface area contributed by atoms with Crippen molar-refractivity contribution in [1.29, 1.82) is 0 Å². The molecule has 1 aromatic carbocycles. The van der Waals surface area contributed by atoms with Gasteiger partial charge in [0.2, 0.25) is 5.91 Å². The first-order chi connectivity index (χ1) is 11.8. The number of carbonyl (C=O) groups is 1. The SMILES string of the molecule is O=C(CCC1CCNCC1)Nc1ccc2nc(C3CCC3)[nH]c2c1. The second-order valence-corrected chi connectivity index (χ2v) is 7.26. The maximum absolute atomic E-state index is 12.2. The Balaban J connectivity index is 1.35.